The van der Waals surface area contributed by atoms with Crippen LogP contribution in [0.25, 0.3) is 0 Å². The summed E-state index contributed by atoms with van der Waals surface area (Å²) in [6, 6.07) is 8.25. The lowest BCUT2D eigenvalue weighted by atomic mass is 10.2. The number of anilines is 1. The first-order valence-electron chi connectivity index (χ1n) is 6.19. The lowest BCUT2D eigenvalue weighted by molar-refractivity contribution is 0.215. The summed E-state index contributed by atoms with van der Waals surface area (Å²) in [4.78, 5) is 11.4. The number of nitrogens with one attached hydrogen (secondary N) is 1. The van der Waals surface area contributed by atoms with Crippen LogP contribution in [0.1, 0.15) is 5.56 Å². The van der Waals surface area contributed by atoms with Gasteiger partial charge in [-0.2, -0.15) is 8.42 Å². The molecule has 0 bridgehead atoms. The third-order valence-corrected chi connectivity index (χ3v) is 4.35. The Morgan fingerprint density at radius 1 is 1.17 bits per heavy atom. The van der Waals surface area contributed by atoms with Crippen molar-refractivity contribution in [1.29, 1.82) is 0 Å². The minimum Gasteiger partial charge on any atom is -0.410 e. The molecular weight excluding hydrogens is 365 g/mol. The molecule has 23 heavy (non-hydrogen) atoms. The summed E-state index contributed by atoms with van der Waals surface area (Å²) in [6.45, 7) is 1.58. The third-order valence-electron chi connectivity index (χ3n) is 2.88. The maximum Gasteiger partial charge on any atom is 0.417 e. The second-order valence-corrected chi connectivity index (χ2v) is 6.79. The SMILES string of the molecule is Cc1c(Cl)cc(S(=O)(=O)O)cc1NC(=O)Oc1ccc(Cl)cc1. The monoisotopic (exact) mass is 375 g/mol. The van der Waals surface area contributed by atoms with Crippen molar-refractivity contribution in [2.24, 2.45) is 0 Å². The lowest BCUT2D eigenvalue weighted by Crippen LogP contribution is -2.18. The molecule has 0 unspecified atom stereocenters. The molecule has 0 radical (unpaired) electrons. The molecule has 0 aliphatic heterocycles. The van der Waals surface area contributed by atoms with E-state index in [1.54, 1.807) is 19.1 Å². The van der Waals surface area contributed by atoms with E-state index in [9.17, 15) is 13.2 Å². The lowest BCUT2D eigenvalue weighted by Gasteiger charge is -2.11. The summed E-state index contributed by atoms with van der Waals surface area (Å²) in [5.74, 6) is 0.251. The fourth-order valence-corrected chi connectivity index (χ4v) is 2.62. The van der Waals surface area contributed by atoms with Crippen molar-refractivity contribution in [2.45, 2.75) is 11.8 Å². The van der Waals surface area contributed by atoms with Gasteiger partial charge in [-0.15, -0.1) is 0 Å². The van der Waals surface area contributed by atoms with Crippen molar-refractivity contribution in [3.05, 3.63) is 52.0 Å². The first-order valence-corrected chi connectivity index (χ1v) is 8.38. The molecule has 0 aliphatic rings. The van der Waals surface area contributed by atoms with Gasteiger partial charge in [0.1, 0.15) is 5.75 Å². The van der Waals surface area contributed by atoms with Gasteiger partial charge in [0.25, 0.3) is 10.1 Å². The number of benzene rings is 2. The molecule has 2 rings (SSSR count). The second kappa shape index (κ2) is 6.76. The van der Waals surface area contributed by atoms with Crippen LogP contribution in [-0.2, 0) is 10.1 Å². The maximum atomic E-state index is 11.9. The van der Waals surface area contributed by atoms with E-state index in [2.05, 4.69) is 5.32 Å². The van der Waals surface area contributed by atoms with Gasteiger partial charge in [0.05, 0.1) is 4.90 Å². The van der Waals surface area contributed by atoms with Crippen LogP contribution >= 0.6 is 23.2 Å². The molecule has 2 N–H and O–H groups in total. The number of rotatable bonds is 3. The van der Waals surface area contributed by atoms with Crippen LogP contribution in [0.2, 0.25) is 10.0 Å². The zero-order valence-corrected chi connectivity index (χ0v) is 14.0. The van der Waals surface area contributed by atoms with Crippen molar-refractivity contribution in [2.75, 3.05) is 5.32 Å². The molecule has 6 nitrogen and oxygen atoms in total. The summed E-state index contributed by atoms with van der Waals surface area (Å²) in [5, 5.41) is 2.93. The van der Waals surface area contributed by atoms with E-state index in [1.807, 2.05) is 0 Å². The van der Waals surface area contributed by atoms with E-state index in [0.29, 0.717) is 10.6 Å². The van der Waals surface area contributed by atoms with Crippen molar-refractivity contribution >= 4 is 45.1 Å². The topological polar surface area (TPSA) is 92.7 Å². The highest BCUT2D eigenvalue weighted by Crippen LogP contribution is 2.28. The molecule has 0 spiro atoms. The Labute approximate surface area is 142 Å². The highest BCUT2D eigenvalue weighted by atomic mass is 35.5. The van der Waals surface area contributed by atoms with Gasteiger partial charge in [0.2, 0.25) is 0 Å². The number of carbonyl (C=O) groups is 1. The summed E-state index contributed by atoms with van der Waals surface area (Å²) in [5.41, 5.74) is 0.524. The number of halogens is 2. The fourth-order valence-electron chi connectivity index (χ4n) is 1.68. The fraction of sp³-hybridized carbons (Fsp3) is 0.0714. The van der Waals surface area contributed by atoms with Crippen molar-refractivity contribution in [1.82, 2.24) is 0 Å². The van der Waals surface area contributed by atoms with Gasteiger partial charge in [0.15, 0.2) is 0 Å². The minimum absolute atomic E-state index is 0.0712. The molecular formula is C14H11Cl2NO5S. The zero-order valence-electron chi connectivity index (χ0n) is 11.7. The van der Waals surface area contributed by atoms with Gasteiger partial charge >= 0.3 is 6.09 Å². The van der Waals surface area contributed by atoms with E-state index in [-0.39, 0.29) is 16.5 Å². The van der Waals surface area contributed by atoms with Crippen LogP contribution in [0.15, 0.2) is 41.3 Å². The molecule has 0 saturated carbocycles. The average Bonchev–Trinajstić information content (AvgIpc) is 2.45. The molecule has 0 aliphatic carbocycles. The van der Waals surface area contributed by atoms with E-state index in [4.69, 9.17) is 32.5 Å². The number of ether oxygens (including phenoxy) is 1. The smallest absolute Gasteiger partial charge is 0.410 e. The highest BCUT2D eigenvalue weighted by molar-refractivity contribution is 7.85. The highest BCUT2D eigenvalue weighted by Gasteiger charge is 2.16. The van der Waals surface area contributed by atoms with Gasteiger partial charge < -0.3 is 4.74 Å². The number of carbonyl (C=O) groups excluding carboxylic acids is 1. The van der Waals surface area contributed by atoms with Gasteiger partial charge in [0, 0.05) is 15.7 Å². The molecule has 0 heterocycles. The standard InChI is InChI=1S/C14H11Cl2NO5S/c1-8-12(16)6-11(23(19,20)21)7-13(8)17-14(18)22-10-4-2-9(15)3-5-10/h2-7H,1H3,(H,17,18)(H,19,20,21). The summed E-state index contributed by atoms with van der Waals surface area (Å²) in [6.07, 6.45) is -0.848. The maximum absolute atomic E-state index is 11.9. The molecule has 122 valence electrons. The molecule has 0 fully saturated rings. The molecule has 2 aromatic rings. The number of hydrogen-bond donors (Lipinski definition) is 2. The first kappa shape index (κ1) is 17.6. The van der Waals surface area contributed by atoms with Crippen LogP contribution in [-0.4, -0.2) is 19.1 Å². The molecule has 9 heteroatoms. The van der Waals surface area contributed by atoms with E-state index < -0.39 is 21.1 Å². The van der Waals surface area contributed by atoms with Gasteiger partial charge in [-0.05, 0) is 48.9 Å². The number of hydrogen-bond acceptors (Lipinski definition) is 4. The van der Waals surface area contributed by atoms with Crippen molar-refractivity contribution in [3.8, 4) is 5.75 Å². The van der Waals surface area contributed by atoms with Crippen LogP contribution < -0.4 is 10.1 Å². The summed E-state index contributed by atoms with van der Waals surface area (Å²) in [7, 11) is -4.46. The Kier molecular flexibility index (Phi) is 5.16. The van der Waals surface area contributed by atoms with E-state index in [1.165, 1.54) is 12.1 Å². The van der Waals surface area contributed by atoms with Crippen LogP contribution in [0.3, 0.4) is 0 Å². The van der Waals surface area contributed by atoms with E-state index in [0.717, 1.165) is 12.1 Å². The predicted octanol–water partition coefficient (Wildman–Crippen LogP) is 4.16. The average molecular weight is 376 g/mol. The molecule has 2 aromatic carbocycles. The molecule has 0 saturated heterocycles. The first-order chi connectivity index (χ1) is 10.7. The zero-order chi connectivity index (χ0) is 17.2. The molecule has 0 aromatic heterocycles. The van der Waals surface area contributed by atoms with E-state index >= 15 is 0 Å². The Morgan fingerprint density at radius 3 is 2.35 bits per heavy atom. The van der Waals surface area contributed by atoms with Gasteiger partial charge in [-0.1, -0.05) is 23.2 Å². The summed E-state index contributed by atoms with van der Waals surface area (Å²) < 4.78 is 36.5. The Morgan fingerprint density at radius 2 is 1.78 bits per heavy atom. The second-order valence-electron chi connectivity index (χ2n) is 4.52. The predicted molar refractivity (Wildman–Crippen MR) is 87.1 cm³/mol. The van der Waals surface area contributed by atoms with Crippen LogP contribution in [0.4, 0.5) is 10.5 Å². The van der Waals surface area contributed by atoms with Gasteiger partial charge in [-0.3, -0.25) is 9.87 Å². The van der Waals surface area contributed by atoms with Crippen LogP contribution in [0, 0.1) is 6.92 Å². The Hall–Kier alpha value is -1.80. The third kappa shape index (κ3) is 4.59. The normalized spacial score (nSPS) is 11.1. The van der Waals surface area contributed by atoms with Crippen LogP contribution in [0.5, 0.6) is 5.75 Å². The quantitative estimate of drug-likeness (QED) is 0.785. The van der Waals surface area contributed by atoms with Gasteiger partial charge in [-0.25, -0.2) is 4.79 Å². The Balaban J connectivity index is 2.23. The number of amides is 1. The molecule has 1 amide bonds. The van der Waals surface area contributed by atoms with Crippen molar-refractivity contribution in [3.63, 3.8) is 0 Å². The largest absolute Gasteiger partial charge is 0.417 e. The summed E-state index contributed by atoms with van der Waals surface area (Å²) >= 11 is 11.6. The Bertz CT molecular complexity index is 850. The van der Waals surface area contributed by atoms with Crippen molar-refractivity contribution < 1.29 is 22.5 Å². The molecule has 0 atom stereocenters. The minimum atomic E-state index is -4.46.